The van der Waals surface area contributed by atoms with E-state index < -0.39 is 0 Å². The summed E-state index contributed by atoms with van der Waals surface area (Å²) in [6, 6.07) is 10.5. The molecule has 1 fully saturated rings. The van der Waals surface area contributed by atoms with Crippen LogP contribution in [0.3, 0.4) is 0 Å². The van der Waals surface area contributed by atoms with E-state index in [1.54, 1.807) is 11.3 Å². The smallest absolute Gasteiger partial charge is 0.317 e. The van der Waals surface area contributed by atoms with Crippen molar-refractivity contribution < 1.29 is 4.79 Å². The molecule has 23 heavy (non-hydrogen) atoms. The number of rotatable bonds is 5. The van der Waals surface area contributed by atoms with E-state index in [0.29, 0.717) is 12.6 Å². The van der Waals surface area contributed by atoms with Crippen molar-refractivity contribution in [2.45, 2.75) is 44.7 Å². The third-order valence-electron chi connectivity index (χ3n) is 4.34. The van der Waals surface area contributed by atoms with Crippen molar-refractivity contribution in [2.24, 2.45) is 0 Å². The van der Waals surface area contributed by atoms with Crippen LogP contribution in [0.4, 0.5) is 4.79 Å². The van der Waals surface area contributed by atoms with Gasteiger partial charge in [0.15, 0.2) is 0 Å². The second-order valence-corrected chi connectivity index (χ2v) is 6.97. The molecule has 1 aliphatic rings. The van der Waals surface area contributed by atoms with Gasteiger partial charge < -0.3 is 10.2 Å². The number of nitrogens with one attached hydrogen (secondary N) is 1. The molecule has 0 saturated carbocycles. The quantitative estimate of drug-likeness (QED) is 0.906. The summed E-state index contributed by atoms with van der Waals surface area (Å²) < 4.78 is 0. The van der Waals surface area contributed by atoms with E-state index in [1.165, 1.54) is 11.3 Å². The van der Waals surface area contributed by atoms with Gasteiger partial charge in [-0.1, -0.05) is 12.1 Å². The highest BCUT2D eigenvalue weighted by atomic mass is 32.1. The summed E-state index contributed by atoms with van der Waals surface area (Å²) >= 11 is 1.68. The molecule has 2 aromatic rings. The number of aromatic nitrogens is 1. The maximum absolute atomic E-state index is 12.5. The van der Waals surface area contributed by atoms with Gasteiger partial charge in [0.05, 0.1) is 6.54 Å². The molecule has 0 aromatic carbocycles. The summed E-state index contributed by atoms with van der Waals surface area (Å²) in [4.78, 5) is 20.1. The van der Waals surface area contributed by atoms with Gasteiger partial charge in [-0.3, -0.25) is 4.98 Å². The highest BCUT2D eigenvalue weighted by molar-refractivity contribution is 7.09. The van der Waals surface area contributed by atoms with Crippen LogP contribution in [-0.4, -0.2) is 28.5 Å². The fourth-order valence-corrected chi connectivity index (χ4v) is 3.75. The first-order valence-corrected chi connectivity index (χ1v) is 9.17. The lowest BCUT2D eigenvalue weighted by Crippen LogP contribution is -2.48. The van der Waals surface area contributed by atoms with Crippen molar-refractivity contribution in [1.29, 1.82) is 0 Å². The van der Waals surface area contributed by atoms with Crippen molar-refractivity contribution in [3.8, 4) is 0 Å². The Morgan fingerprint density at radius 1 is 1.30 bits per heavy atom. The molecule has 0 spiro atoms. The summed E-state index contributed by atoms with van der Waals surface area (Å²) in [5.74, 6) is 0. The number of piperidine rings is 1. The highest BCUT2D eigenvalue weighted by Gasteiger charge is 2.26. The number of carbonyl (C=O) groups is 1. The van der Waals surface area contributed by atoms with Crippen LogP contribution < -0.4 is 5.32 Å². The molecule has 1 aliphatic heterocycles. The third-order valence-corrected chi connectivity index (χ3v) is 5.22. The van der Waals surface area contributed by atoms with Crippen LogP contribution in [0.1, 0.15) is 36.3 Å². The van der Waals surface area contributed by atoms with Crippen molar-refractivity contribution >= 4 is 17.4 Å². The number of aryl methyl sites for hydroxylation is 1. The molecule has 1 N–H and O–H groups in total. The molecule has 3 rings (SSSR count). The second-order valence-electron chi connectivity index (χ2n) is 5.94. The lowest BCUT2D eigenvalue weighted by atomic mass is 9.97. The van der Waals surface area contributed by atoms with Crippen molar-refractivity contribution in [2.75, 3.05) is 6.54 Å². The molecule has 1 unspecified atom stereocenters. The zero-order valence-electron chi connectivity index (χ0n) is 13.3. The number of carbonyl (C=O) groups excluding carboxylic acids is 1. The number of hydrogen-bond donors (Lipinski definition) is 1. The number of thiophene rings is 1. The number of amides is 2. The summed E-state index contributed by atoms with van der Waals surface area (Å²) in [5, 5.41) is 5.10. The zero-order valence-corrected chi connectivity index (χ0v) is 14.1. The van der Waals surface area contributed by atoms with Crippen LogP contribution >= 0.6 is 11.3 Å². The van der Waals surface area contributed by atoms with Gasteiger partial charge >= 0.3 is 6.03 Å². The molecule has 3 heterocycles. The Morgan fingerprint density at radius 2 is 2.26 bits per heavy atom. The molecular weight excluding hydrogens is 306 g/mol. The molecule has 0 radical (unpaired) electrons. The standard InChI is InChI=1S/C18H23N3OS/c22-18(20-14-17-8-5-13-23-17)21-12-4-2-7-16(21)10-9-15-6-1-3-11-19-15/h1,3,5-6,8,11,13,16H,2,4,7,9-10,12,14H2,(H,20,22). The number of urea groups is 1. The van der Waals surface area contributed by atoms with E-state index >= 15 is 0 Å². The van der Waals surface area contributed by atoms with Gasteiger partial charge in [-0.05, 0) is 55.7 Å². The predicted octanol–water partition coefficient (Wildman–Crippen LogP) is 3.84. The Labute approximate surface area is 141 Å². The number of nitrogens with zero attached hydrogens (tertiary/aromatic N) is 2. The van der Waals surface area contributed by atoms with Crippen LogP contribution in [0.5, 0.6) is 0 Å². The minimum absolute atomic E-state index is 0.0733. The van der Waals surface area contributed by atoms with Crippen LogP contribution in [0, 0.1) is 0 Å². The molecule has 4 nitrogen and oxygen atoms in total. The molecule has 1 saturated heterocycles. The Kier molecular flexibility index (Phi) is 5.64. The third kappa shape index (κ3) is 4.55. The lowest BCUT2D eigenvalue weighted by Gasteiger charge is -2.35. The summed E-state index contributed by atoms with van der Waals surface area (Å²) in [6.45, 7) is 1.49. The van der Waals surface area contributed by atoms with E-state index in [4.69, 9.17) is 0 Å². The van der Waals surface area contributed by atoms with Crippen LogP contribution in [-0.2, 0) is 13.0 Å². The van der Waals surface area contributed by atoms with Gasteiger partial charge in [0, 0.05) is 29.4 Å². The van der Waals surface area contributed by atoms with E-state index in [2.05, 4.69) is 22.4 Å². The minimum atomic E-state index is 0.0733. The van der Waals surface area contributed by atoms with Crippen molar-refractivity contribution in [3.63, 3.8) is 0 Å². The monoisotopic (exact) mass is 329 g/mol. The number of pyridine rings is 1. The topological polar surface area (TPSA) is 45.2 Å². The van der Waals surface area contributed by atoms with Crippen molar-refractivity contribution in [1.82, 2.24) is 15.2 Å². The first kappa shape index (κ1) is 16.0. The summed E-state index contributed by atoms with van der Waals surface area (Å²) in [5.41, 5.74) is 1.11. The average Bonchev–Trinajstić information content (AvgIpc) is 3.12. The first-order chi connectivity index (χ1) is 11.3. The molecule has 2 aromatic heterocycles. The van der Waals surface area contributed by atoms with Gasteiger partial charge in [0.1, 0.15) is 0 Å². The van der Waals surface area contributed by atoms with E-state index in [1.807, 2.05) is 34.7 Å². The molecule has 0 aliphatic carbocycles. The fraction of sp³-hybridized carbons (Fsp3) is 0.444. The van der Waals surface area contributed by atoms with Gasteiger partial charge in [0.25, 0.3) is 0 Å². The van der Waals surface area contributed by atoms with Crippen molar-refractivity contribution in [3.05, 3.63) is 52.5 Å². The fourth-order valence-electron chi connectivity index (χ4n) is 3.11. The predicted molar refractivity (Wildman–Crippen MR) is 93.5 cm³/mol. The Hall–Kier alpha value is -1.88. The normalized spacial score (nSPS) is 17.9. The minimum Gasteiger partial charge on any atom is -0.333 e. The molecular formula is C18H23N3OS. The van der Waals surface area contributed by atoms with Crippen LogP contribution in [0.2, 0.25) is 0 Å². The van der Waals surface area contributed by atoms with E-state index in [9.17, 15) is 4.79 Å². The van der Waals surface area contributed by atoms with Crippen LogP contribution in [0.15, 0.2) is 41.9 Å². The number of hydrogen-bond acceptors (Lipinski definition) is 3. The van der Waals surface area contributed by atoms with E-state index in [-0.39, 0.29) is 6.03 Å². The lowest BCUT2D eigenvalue weighted by molar-refractivity contribution is 0.146. The SMILES string of the molecule is O=C(NCc1cccs1)N1CCCCC1CCc1ccccn1. The molecule has 0 bridgehead atoms. The number of likely N-dealkylation sites (tertiary alicyclic amines) is 1. The van der Waals surface area contributed by atoms with Crippen LogP contribution in [0.25, 0.3) is 0 Å². The van der Waals surface area contributed by atoms with Gasteiger partial charge in [-0.15, -0.1) is 11.3 Å². The van der Waals surface area contributed by atoms with Gasteiger partial charge in [-0.2, -0.15) is 0 Å². The zero-order chi connectivity index (χ0) is 15.9. The second kappa shape index (κ2) is 8.11. The maximum atomic E-state index is 12.5. The molecule has 122 valence electrons. The van der Waals surface area contributed by atoms with Gasteiger partial charge in [-0.25, -0.2) is 4.79 Å². The molecule has 2 amide bonds. The molecule has 5 heteroatoms. The Morgan fingerprint density at radius 3 is 3.04 bits per heavy atom. The largest absolute Gasteiger partial charge is 0.333 e. The molecule has 1 atom stereocenters. The average molecular weight is 329 g/mol. The van der Waals surface area contributed by atoms with E-state index in [0.717, 1.165) is 37.9 Å². The summed E-state index contributed by atoms with van der Waals surface area (Å²) in [7, 11) is 0. The Bertz CT molecular complexity index is 600. The Balaban J connectivity index is 1.53. The summed E-state index contributed by atoms with van der Waals surface area (Å²) in [6.07, 6.45) is 7.17. The first-order valence-electron chi connectivity index (χ1n) is 8.29. The maximum Gasteiger partial charge on any atom is 0.317 e. The van der Waals surface area contributed by atoms with Gasteiger partial charge in [0.2, 0.25) is 0 Å². The highest BCUT2D eigenvalue weighted by Crippen LogP contribution is 2.21.